The number of aliphatic hydroxyl groups excluding tert-OH is 1. The Morgan fingerprint density at radius 1 is 1.16 bits per heavy atom. The number of nitrogens with zero attached hydrogens (tertiary/aromatic N) is 1. The van der Waals surface area contributed by atoms with Crippen LogP contribution in [0.1, 0.15) is 71.6 Å². The van der Waals surface area contributed by atoms with E-state index in [1.165, 1.54) is 38.5 Å². The number of amides is 2. The first-order valence-electron chi connectivity index (χ1n) is 10.1. The lowest BCUT2D eigenvalue weighted by atomic mass is 9.45. The molecular weight excluding hydrogens is 314 g/mol. The van der Waals surface area contributed by atoms with Gasteiger partial charge in [-0.2, -0.15) is 5.10 Å². The van der Waals surface area contributed by atoms with Gasteiger partial charge in [-0.15, -0.1) is 0 Å². The van der Waals surface area contributed by atoms with Crippen LogP contribution < -0.4 is 11.2 Å². The van der Waals surface area contributed by atoms with E-state index >= 15 is 0 Å². The molecule has 4 rings (SSSR count). The maximum Gasteiger partial charge on any atom is 0.332 e. The first-order valence-corrected chi connectivity index (χ1v) is 10.1. The fourth-order valence-corrected chi connectivity index (χ4v) is 7.33. The molecule has 0 radical (unpaired) electrons. The van der Waals surface area contributed by atoms with Crippen molar-refractivity contribution in [1.29, 1.82) is 0 Å². The van der Waals surface area contributed by atoms with E-state index < -0.39 is 6.03 Å². The highest BCUT2D eigenvalue weighted by molar-refractivity contribution is 5.93. The average Bonchev–Trinajstić information content (AvgIpc) is 2.90. The largest absolute Gasteiger partial charge is 0.393 e. The topological polar surface area (TPSA) is 87.7 Å². The molecule has 140 valence electrons. The standard InChI is InChI=1S/C20H33N3O2/c1-19-9-7-13(24)11-12(19)3-4-14-15-5-6-17(22-23-18(21)25)20(15,2)10-8-16(14)19/h12-16,24H,3-11H2,1-2H3,(H3,21,23,25)/b22-17+/t12-,13+,14+,15+,16-,19-,20-/m0/s1. The molecule has 0 saturated heterocycles. The third-order valence-electron chi connectivity index (χ3n) is 8.68. The van der Waals surface area contributed by atoms with Crippen LogP contribution in [-0.2, 0) is 0 Å². The molecular formula is C20H33N3O2. The van der Waals surface area contributed by atoms with Crippen molar-refractivity contribution in [2.45, 2.75) is 77.7 Å². The predicted octanol–water partition coefficient (Wildman–Crippen LogP) is 3.41. The molecule has 2 amide bonds. The van der Waals surface area contributed by atoms with Crippen LogP contribution in [0.15, 0.2) is 5.10 Å². The van der Waals surface area contributed by atoms with Gasteiger partial charge in [-0.3, -0.25) is 0 Å². The van der Waals surface area contributed by atoms with Gasteiger partial charge in [0.05, 0.1) is 6.10 Å². The van der Waals surface area contributed by atoms with Gasteiger partial charge in [0.25, 0.3) is 0 Å². The van der Waals surface area contributed by atoms with Crippen LogP contribution in [0.2, 0.25) is 0 Å². The predicted molar refractivity (Wildman–Crippen MR) is 97.9 cm³/mol. The van der Waals surface area contributed by atoms with Crippen LogP contribution in [0.25, 0.3) is 0 Å². The van der Waals surface area contributed by atoms with Crippen molar-refractivity contribution < 1.29 is 9.90 Å². The van der Waals surface area contributed by atoms with E-state index in [4.69, 9.17) is 5.73 Å². The summed E-state index contributed by atoms with van der Waals surface area (Å²) in [6, 6.07) is -0.568. The fourth-order valence-electron chi connectivity index (χ4n) is 7.33. The summed E-state index contributed by atoms with van der Waals surface area (Å²) in [6.07, 6.45) is 10.3. The number of carbonyl (C=O) groups excluding carboxylic acids is 1. The van der Waals surface area contributed by atoms with E-state index in [0.29, 0.717) is 17.3 Å². The van der Waals surface area contributed by atoms with E-state index in [9.17, 15) is 9.90 Å². The molecule has 4 aliphatic rings. The van der Waals surface area contributed by atoms with Crippen LogP contribution >= 0.6 is 0 Å². The Morgan fingerprint density at radius 3 is 2.72 bits per heavy atom. The number of hydrogen-bond acceptors (Lipinski definition) is 3. The van der Waals surface area contributed by atoms with Gasteiger partial charge in [-0.25, -0.2) is 10.2 Å². The normalized spacial score (nSPS) is 50.7. The second-order valence-electron chi connectivity index (χ2n) is 9.61. The lowest BCUT2D eigenvalue weighted by Gasteiger charge is -2.60. The van der Waals surface area contributed by atoms with E-state index in [2.05, 4.69) is 24.4 Å². The quantitative estimate of drug-likeness (QED) is 0.635. The average molecular weight is 348 g/mol. The van der Waals surface area contributed by atoms with E-state index in [-0.39, 0.29) is 11.5 Å². The minimum Gasteiger partial charge on any atom is -0.393 e. The molecule has 5 heteroatoms. The highest BCUT2D eigenvalue weighted by Crippen LogP contribution is 2.65. The van der Waals surface area contributed by atoms with Gasteiger partial charge in [0.15, 0.2) is 0 Å². The van der Waals surface area contributed by atoms with Gasteiger partial charge in [0.1, 0.15) is 0 Å². The Hall–Kier alpha value is -1.10. The number of hydrazone groups is 1. The van der Waals surface area contributed by atoms with Crippen molar-refractivity contribution in [3.8, 4) is 0 Å². The Balaban J connectivity index is 1.58. The van der Waals surface area contributed by atoms with Crippen LogP contribution in [0.4, 0.5) is 4.79 Å². The molecule has 4 N–H and O–H groups in total. The Bertz CT molecular complexity index is 591. The van der Waals surface area contributed by atoms with Crippen molar-refractivity contribution in [2.24, 2.45) is 45.3 Å². The lowest BCUT2D eigenvalue weighted by molar-refractivity contribution is -0.113. The maximum atomic E-state index is 11.1. The van der Waals surface area contributed by atoms with Crippen molar-refractivity contribution in [2.75, 3.05) is 0 Å². The molecule has 0 bridgehead atoms. The van der Waals surface area contributed by atoms with E-state index in [0.717, 1.165) is 36.8 Å². The van der Waals surface area contributed by atoms with Gasteiger partial charge in [-0.1, -0.05) is 13.8 Å². The Labute approximate surface area is 150 Å². The molecule has 4 fully saturated rings. The van der Waals surface area contributed by atoms with Gasteiger partial charge in [0, 0.05) is 11.1 Å². The molecule has 0 aromatic carbocycles. The van der Waals surface area contributed by atoms with Gasteiger partial charge in [0.2, 0.25) is 0 Å². The summed E-state index contributed by atoms with van der Waals surface area (Å²) in [7, 11) is 0. The molecule has 25 heavy (non-hydrogen) atoms. The summed E-state index contributed by atoms with van der Waals surface area (Å²) >= 11 is 0. The van der Waals surface area contributed by atoms with Crippen LogP contribution in [-0.4, -0.2) is 23.0 Å². The van der Waals surface area contributed by atoms with Crippen LogP contribution in [0.3, 0.4) is 0 Å². The van der Waals surface area contributed by atoms with Crippen LogP contribution in [0.5, 0.6) is 0 Å². The minimum absolute atomic E-state index is 0.0754. The molecule has 0 unspecified atom stereocenters. The number of nitrogens with one attached hydrogen (secondary N) is 1. The number of primary amides is 1. The van der Waals surface area contributed by atoms with E-state index in [1.807, 2.05) is 0 Å². The van der Waals surface area contributed by atoms with Gasteiger partial charge in [-0.05, 0) is 86.9 Å². The second-order valence-corrected chi connectivity index (χ2v) is 9.61. The number of nitrogens with two attached hydrogens (primary N) is 1. The first-order chi connectivity index (χ1) is 11.8. The molecule has 0 heterocycles. The third kappa shape index (κ3) is 2.61. The molecule has 4 saturated carbocycles. The highest BCUT2D eigenvalue weighted by Gasteiger charge is 2.59. The fraction of sp³-hybridized carbons (Fsp3) is 0.900. The number of rotatable bonds is 1. The number of aliphatic hydroxyl groups is 1. The number of carbonyl (C=O) groups is 1. The Kier molecular flexibility index (Phi) is 4.13. The zero-order valence-electron chi connectivity index (χ0n) is 15.6. The van der Waals surface area contributed by atoms with Crippen LogP contribution in [0, 0.1) is 34.5 Å². The minimum atomic E-state index is -0.568. The summed E-state index contributed by atoms with van der Waals surface area (Å²) in [5.74, 6) is 2.95. The summed E-state index contributed by atoms with van der Waals surface area (Å²) in [4.78, 5) is 11.1. The van der Waals surface area contributed by atoms with Gasteiger partial charge < -0.3 is 10.8 Å². The molecule has 5 nitrogen and oxygen atoms in total. The molecule has 0 aliphatic heterocycles. The summed E-state index contributed by atoms with van der Waals surface area (Å²) < 4.78 is 0. The number of hydrogen-bond donors (Lipinski definition) is 3. The van der Waals surface area contributed by atoms with Crippen molar-refractivity contribution >= 4 is 11.7 Å². The molecule has 4 aliphatic carbocycles. The SMILES string of the molecule is C[C@]12CC[C@@H](O)C[C@@H]1CC[C@@H]1[C@H]3CC/C(=N\NC(N)=O)[C@@]3(C)CC[C@@H]12. The van der Waals surface area contributed by atoms with Gasteiger partial charge >= 0.3 is 6.03 Å². The Morgan fingerprint density at radius 2 is 1.96 bits per heavy atom. The molecule has 0 aromatic rings. The monoisotopic (exact) mass is 347 g/mol. The maximum absolute atomic E-state index is 11.1. The smallest absolute Gasteiger partial charge is 0.332 e. The van der Waals surface area contributed by atoms with E-state index in [1.54, 1.807) is 0 Å². The van der Waals surface area contributed by atoms with Crippen molar-refractivity contribution in [3.63, 3.8) is 0 Å². The lowest BCUT2D eigenvalue weighted by Crippen LogP contribution is -2.54. The second kappa shape index (κ2) is 5.97. The summed E-state index contributed by atoms with van der Waals surface area (Å²) in [5, 5.41) is 14.5. The zero-order chi connectivity index (χ0) is 17.8. The number of urea groups is 1. The molecule has 0 aromatic heterocycles. The van der Waals surface area contributed by atoms with Crippen molar-refractivity contribution in [3.05, 3.63) is 0 Å². The molecule has 0 spiro atoms. The zero-order valence-corrected chi connectivity index (χ0v) is 15.6. The first kappa shape index (κ1) is 17.3. The summed E-state index contributed by atoms with van der Waals surface area (Å²) in [5.41, 5.74) is 9.38. The third-order valence-corrected chi connectivity index (χ3v) is 8.68. The highest BCUT2D eigenvalue weighted by atomic mass is 16.3. The number of fused-ring (bicyclic) bond motifs is 5. The van der Waals surface area contributed by atoms with Crippen molar-refractivity contribution in [1.82, 2.24) is 5.43 Å². The molecule has 7 atom stereocenters. The summed E-state index contributed by atoms with van der Waals surface area (Å²) in [6.45, 7) is 4.88.